The zero-order valence-electron chi connectivity index (χ0n) is 29.3. The molecule has 4 aromatic rings. The summed E-state index contributed by atoms with van der Waals surface area (Å²) in [5, 5.41) is 5.84. The summed E-state index contributed by atoms with van der Waals surface area (Å²) in [6, 6.07) is 19.2. The molecule has 47 heavy (non-hydrogen) atoms. The predicted octanol–water partition coefficient (Wildman–Crippen LogP) is 6.27. The van der Waals surface area contributed by atoms with Crippen LogP contribution >= 0.6 is 0 Å². The highest BCUT2D eigenvalue weighted by molar-refractivity contribution is 6.03. The minimum absolute atomic E-state index is 0.0428. The standard InChI is InChI=1S/C39H53N7O/c1-7-46(33-14-12-32(13-15-33)43(4)5)37-24-31(30-10-8-29(9-11-30)26-45-20-18-44(6)19-21-45)23-35-34(37)16-17-40-38(35)41-25-36-27(2)22-28(3)42-39(36)47/h8-11,16-17,22-24,32-33H,7,12-15,18-21,25-26H2,1-6H3,(H,40,41)(H,42,47). The molecule has 1 aliphatic heterocycles. The molecule has 2 N–H and O–H groups in total. The Hall–Kier alpha value is -3.72. The SMILES string of the molecule is CCN(c1cc(-c2ccc(CN3CCN(C)CC3)cc2)cc2c(NCc3c(C)cc(C)[nH]c3=O)nccc12)C1CCC(N(C)C)CC1. The van der Waals surface area contributed by atoms with Crippen molar-refractivity contribution in [1.29, 1.82) is 0 Å². The van der Waals surface area contributed by atoms with Gasteiger partial charge in [-0.2, -0.15) is 0 Å². The van der Waals surface area contributed by atoms with Crippen LogP contribution in [0, 0.1) is 13.8 Å². The third-order valence-electron chi connectivity index (χ3n) is 10.6. The normalized spacial score (nSPS) is 19.4. The van der Waals surface area contributed by atoms with Gasteiger partial charge in [-0.1, -0.05) is 24.3 Å². The summed E-state index contributed by atoms with van der Waals surface area (Å²) in [7, 11) is 6.63. The van der Waals surface area contributed by atoms with Crippen molar-refractivity contribution in [3.8, 4) is 11.1 Å². The monoisotopic (exact) mass is 635 g/mol. The minimum Gasteiger partial charge on any atom is -0.368 e. The van der Waals surface area contributed by atoms with Gasteiger partial charge < -0.3 is 25.0 Å². The summed E-state index contributed by atoms with van der Waals surface area (Å²) in [5.41, 5.74) is 7.60. The minimum atomic E-state index is -0.0428. The molecule has 250 valence electrons. The first kappa shape index (κ1) is 33.2. The summed E-state index contributed by atoms with van der Waals surface area (Å²) in [6.45, 7) is 13.1. The van der Waals surface area contributed by atoms with E-state index in [1.807, 2.05) is 26.1 Å². The number of hydrogen-bond donors (Lipinski definition) is 2. The van der Waals surface area contributed by atoms with Crippen LogP contribution in [0.2, 0.25) is 0 Å². The van der Waals surface area contributed by atoms with Gasteiger partial charge in [0.1, 0.15) is 5.82 Å². The lowest BCUT2D eigenvalue weighted by molar-refractivity contribution is 0.148. The fourth-order valence-corrected chi connectivity index (χ4v) is 7.66. The van der Waals surface area contributed by atoms with E-state index in [2.05, 4.69) is 100 Å². The molecule has 0 unspecified atom stereocenters. The third kappa shape index (κ3) is 7.56. The molecule has 2 aromatic carbocycles. The zero-order valence-corrected chi connectivity index (χ0v) is 29.3. The van der Waals surface area contributed by atoms with Gasteiger partial charge in [0.2, 0.25) is 0 Å². The van der Waals surface area contributed by atoms with Crippen LogP contribution in [0.25, 0.3) is 21.9 Å². The van der Waals surface area contributed by atoms with Gasteiger partial charge in [-0.3, -0.25) is 9.69 Å². The number of H-pyrrole nitrogens is 1. The molecule has 0 amide bonds. The second-order valence-corrected chi connectivity index (χ2v) is 14.0. The molecule has 8 nitrogen and oxygen atoms in total. The van der Waals surface area contributed by atoms with Gasteiger partial charge in [0.25, 0.3) is 5.56 Å². The van der Waals surface area contributed by atoms with E-state index >= 15 is 0 Å². The maximum absolute atomic E-state index is 12.8. The van der Waals surface area contributed by atoms with E-state index in [1.165, 1.54) is 53.4 Å². The van der Waals surface area contributed by atoms with Crippen LogP contribution in [-0.2, 0) is 13.1 Å². The summed E-state index contributed by atoms with van der Waals surface area (Å²) < 4.78 is 0. The van der Waals surface area contributed by atoms with Crippen LogP contribution in [0.1, 0.15) is 55.0 Å². The quantitative estimate of drug-likeness (QED) is 0.213. The smallest absolute Gasteiger partial charge is 0.253 e. The Morgan fingerprint density at radius 1 is 0.894 bits per heavy atom. The molecular formula is C39H53N7O. The number of pyridine rings is 2. The van der Waals surface area contributed by atoms with E-state index in [9.17, 15) is 4.79 Å². The van der Waals surface area contributed by atoms with E-state index in [-0.39, 0.29) is 5.56 Å². The third-order valence-corrected chi connectivity index (χ3v) is 10.6. The number of aromatic amines is 1. The van der Waals surface area contributed by atoms with Gasteiger partial charge in [-0.25, -0.2) is 4.98 Å². The fourth-order valence-electron chi connectivity index (χ4n) is 7.66. The number of likely N-dealkylation sites (N-methyl/N-ethyl adjacent to an activating group) is 1. The number of nitrogens with one attached hydrogen (secondary N) is 2. The highest BCUT2D eigenvalue weighted by Crippen LogP contribution is 2.39. The van der Waals surface area contributed by atoms with Crippen molar-refractivity contribution in [3.63, 3.8) is 0 Å². The highest BCUT2D eigenvalue weighted by atomic mass is 16.1. The Kier molecular flexibility index (Phi) is 10.3. The van der Waals surface area contributed by atoms with Crippen molar-refractivity contribution in [2.45, 2.75) is 71.6 Å². The van der Waals surface area contributed by atoms with Crippen molar-refractivity contribution in [3.05, 3.63) is 87.5 Å². The fraction of sp³-hybridized carbons (Fsp3) is 0.487. The average molecular weight is 636 g/mol. The molecular weight excluding hydrogens is 582 g/mol. The first-order valence-electron chi connectivity index (χ1n) is 17.5. The van der Waals surface area contributed by atoms with E-state index < -0.39 is 0 Å². The number of hydrogen-bond acceptors (Lipinski definition) is 7. The van der Waals surface area contributed by atoms with E-state index in [4.69, 9.17) is 4.98 Å². The summed E-state index contributed by atoms with van der Waals surface area (Å²) in [4.78, 5) is 30.6. The molecule has 2 aliphatic rings. The molecule has 2 aromatic heterocycles. The molecule has 3 heterocycles. The molecule has 6 rings (SSSR count). The number of rotatable bonds is 10. The van der Waals surface area contributed by atoms with Crippen molar-refractivity contribution in [2.24, 2.45) is 0 Å². The lowest BCUT2D eigenvalue weighted by atomic mass is 9.88. The van der Waals surface area contributed by atoms with Gasteiger partial charge in [0.05, 0.1) is 0 Å². The van der Waals surface area contributed by atoms with Gasteiger partial charge in [0, 0.05) is 91.8 Å². The van der Waals surface area contributed by atoms with Crippen molar-refractivity contribution in [2.75, 3.05) is 64.1 Å². The molecule has 2 fully saturated rings. The van der Waals surface area contributed by atoms with E-state index in [0.29, 0.717) is 18.6 Å². The van der Waals surface area contributed by atoms with E-state index in [1.54, 1.807) is 0 Å². The Morgan fingerprint density at radius 3 is 2.26 bits per heavy atom. The zero-order chi connectivity index (χ0) is 33.1. The van der Waals surface area contributed by atoms with Gasteiger partial charge in [0.15, 0.2) is 0 Å². The van der Waals surface area contributed by atoms with Crippen molar-refractivity contribution >= 4 is 22.3 Å². The molecule has 0 spiro atoms. The van der Waals surface area contributed by atoms with Gasteiger partial charge in [-0.05, 0) is 114 Å². The van der Waals surface area contributed by atoms with Crippen molar-refractivity contribution < 1.29 is 0 Å². The van der Waals surface area contributed by atoms with Crippen molar-refractivity contribution in [1.82, 2.24) is 24.7 Å². The first-order valence-corrected chi connectivity index (χ1v) is 17.5. The topological polar surface area (TPSA) is 70.7 Å². The highest BCUT2D eigenvalue weighted by Gasteiger charge is 2.28. The van der Waals surface area contributed by atoms with Crippen LogP contribution in [-0.4, -0.2) is 90.6 Å². The Bertz CT molecular complexity index is 1710. The van der Waals surface area contributed by atoms with Crippen LogP contribution < -0.4 is 15.8 Å². The largest absolute Gasteiger partial charge is 0.368 e. The molecule has 0 atom stereocenters. The number of benzene rings is 2. The Balaban J connectivity index is 1.36. The molecule has 8 heteroatoms. The molecule has 0 radical (unpaired) electrons. The van der Waals surface area contributed by atoms with Gasteiger partial charge in [-0.15, -0.1) is 0 Å². The summed E-state index contributed by atoms with van der Waals surface area (Å²) in [5.74, 6) is 0.809. The average Bonchev–Trinajstić information content (AvgIpc) is 3.06. The van der Waals surface area contributed by atoms with Crippen LogP contribution in [0.3, 0.4) is 0 Å². The van der Waals surface area contributed by atoms with Crippen LogP contribution in [0.15, 0.2) is 59.5 Å². The Labute approximate surface area is 280 Å². The molecule has 0 bridgehead atoms. The maximum atomic E-state index is 12.8. The number of aryl methyl sites for hydroxylation is 2. The van der Waals surface area contributed by atoms with Gasteiger partial charge >= 0.3 is 0 Å². The predicted molar refractivity (Wildman–Crippen MR) is 197 cm³/mol. The maximum Gasteiger partial charge on any atom is 0.253 e. The number of fused-ring (bicyclic) bond motifs is 1. The molecule has 1 saturated heterocycles. The Morgan fingerprint density at radius 2 is 1.60 bits per heavy atom. The molecule has 1 aliphatic carbocycles. The molecule has 1 saturated carbocycles. The number of anilines is 2. The van der Waals surface area contributed by atoms with E-state index in [0.717, 1.165) is 67.3 Å². The van der Waals surface area contributed by atoms with Crippen LogP contribution in [0.4, 0.5) is 11.5 Å². The first-order chi connectivity index (χ1) is 22.7. The number of aromatic nitrogens is 2. The number of nitrogens with zero attached hydrogens (tertiary/aromatic N) is 5. The summed E-state index contributed by atoms with van der Waals surface area (Å²) in [6.07, 6.45) is 6.73. The summed E-state index contributed by atoms with van der Waals surface area (Å²) >= 11 is 0. The van der Waals surface area contributed by atoms with Crippen LogP contribution in [0.5, 0.6) is 0 Å². The number of piperazine rings is 1. The second-order valence-electron chi connectivity index (χ2n) is 14.0. The lowest BCUT2D eigenvalue weighted by Crippen LogP contribution is -2.43. The second kappa shape index (κ2) is 14.6. The lowest BCUT2D eigenvalue weighted by Gasteiger charge is -2.40.